The number of aliphatic carboxylic acids is 2. The van der Waals surface area contributed by atoms with Crippen LogP contribution in [-0.4, -0.2) is 58.6 Å². The third kappa shape index (κ3) is 6.11. The van der Waals surface area contributed by atoms with E-state index in [4.69, 9.17) is 28.0 Å². The van der Waals surface area contributed by atoms with Gasteiger partial charge in [-0.3, -0.25) is 0 Å². The summed E-state index contributed by atoms with van der Waals surface area (Å²) in [5.41, 5.74) is 0. The van der Waals surface area contributed by atoms with Gasteiger partial charge in [-0.2, -0.15) is 0 Å². The molecule has 0 aromatic carbocycles. The zero-order chi connectivity index (χ0) is 16.1. The highest BCUT2D eigenvalue weighted by atomic mass is 33.1. The van der Waals surface area contributed by atoms with Gasteiger partial charge in [0.25, 0.3) is 0 Å². The van der Waals surface area contributed by atoms with Crippen LogP contribution in [0.25, 0.3) is 0 Å². The van der Waals surface area contributed by atoms with E-state index in [1.165, 1.54) is 21.6 Å². The van der Waals surface area contributed by atoms with Crippen molar-refractivity contribution in [2.75, 3.05) is 25.5 Å². The van der Waals surface area contributed by atoms with Crippen LogP contribution < -0.4 is 0 Å². The average molecular weight is 245 g/mol. The molecule has 2 N–H and O–H groups in total. The van der Waals surface area contributed by atoms with E-state index in [0.717, 1.165) is 0 Å². The molecule has 0 saturated carbocycles. The molecule has 1 rings (SSSR count). The van der Waals surface area contributed by atoms with Gasteiger partial charge in [0, 0.05) is 25.8 Å². The first-order valence-electron chi connectivity index (χ1n) is 6.37. The zero-order valence-corrected chi connectivity index (χ0v) is 8.60. The Labute approximate surface area is 98.7 Å². The Bertz CT molecular complexity index is 328. The normalized spacial score (nSPS) is 24.4. The van der Waals surface area contributed by atoms with Crippen LogP contribution >= 0.6 is 21.6 Å². The molecule has 1 fully saturated rings. The molecule has 0 unspecified atom stereocenters. The fourth-order valence-corrected chi connectivity index (χ4v) is 3.16. The number of hydrogen-bond donors (Lipinski definition) is 2. The third-order valence-electron chi connectivity index (χ3n) is 1.15. The maximum absolute atomic E-state index is 9.10. The Hall–Kier alpha value is -0.400. The average Bonchev–Trinajstić information content (AvgIpc) is 2.66. The smallest absolute Gasteiger partial charge is 0.414 e. The van der Waals surface area contributed by atoms with Gasteiger partial charge in [-0.1, -0.05) is 21.6 Å². The van der Waals surface area contributed by atoms with Gasteiger partial charge in [-0.05, 0) is 14.0 Å². The van der Waals surface area contributed by atoms with Crippen LogP contribution in [0.1, 0.15) is 8.22 Å². The van der Waals surface area contributed by atoms with Crippen molar-refractivity contribution in [2.24, 2.45) is 0 Å². The van der Waals surface area contributed by atoms with Gasteiger partial charge in [-0.25, -0.2) is 9.59 Å². The Balaban J connectivity index is 0.000000511. The molecule has 0 aromatic heterocycles. The van der Waals surface area contributed by atoms with Crippen molar-refractivity contribution < 1.29 is 28.0 Å². The molecular weight excluding hydrogens is 226 g/mol. The summed E-state index contributed by atoms with van der Waals surface area (Å²) in [7, 11) is 3.04. The molecular formula is C7H13NO4S2. The van der Waals surface area contributed by atoms with Crippen LogP contribution in [0.5, 0.6) is 0 Å². The predicted octanol–water partition coefficient (Wildman–Crippen LogP) is 0.467. The van der Waals surface area contributed by atoms with Crippen molar-refractivity contribution in [2.45, 2.75) is 6.04 Å². The van der Waals surface area contributed by atoms with Gasteiger partial charge in [-0.15, -0.1) is 0 Å². The highest BCUT2D eigenvalue weighted by molar-refractivity contribution is 8.77. The van der Waals surface area contributed by atoms with Crippen molar-refractivity contribution in [1.29, 1.82) is 0 Å². The SMILES string of the molecule is O=C(O)C(=O)O.[2H]C([2H])([2H])N(C1CSSC1)C([2H])([2H])[2H]. The lowest BCUT2D eigenvalue weighted by molar-refractivity contribution is -0.159. The fraction of sp³-hybridized carbons (Fsp3) is 0.714. The first-order valence-corrected chi connectivity index (χ1v) is 5.86. The summed E-state index contributed by atoms with van der Waals surface area (Å²) in [6.07, 6.45) is 0. The summed E-state index contributed by atoms with van der Waals surface area (Å²) in [6, 6.07) is -0.384. The molecule has 0 spiro atoms. The molecule has 0 aliphatic carbocycles. The number of hydrogen-bond acceptors (Lipinski definition) is 5. The lowest BCUT2D eigenvalue weighted by atomic mass is 10.4. The predicted molar refractivity (Wildman–Crippen MR) is 57.7 cm³/mol. The number of carbonyl (C=O) groups is 2. The van der Waals surface area contributed by atoms with E-state index in [9.17, 15) is 0 Å². The highest BCUT2D eigenvalue weighted by Gasteiger charge is 2.17. The van der Waals surface area contributed by atoms with E-state index in [-0.39, 0.29) is 6.04 Å². The molecule has 1 aliphatic rings. The topological polar surface area (TPSA) is 77.8 Å². The Morgan fingerprint density at radius 2 is 1.71 bits per heavy atom. The first kappa shape index (κ1) is 6.24. The van der Waals surface area contributed by atoms with Crippen molar-refractivity contribution >= 4 is 33.5 Å². The van der Waals surface area contributed by atoms with Gasteiger partial charge in [0.1, 0.15) is 0 Å². The summed E-state index contributed by atoms with van der Waals surface area (Å²) in [4.78, 5) is 18.9. The van der Waals surface area contributed by atoms with Gasteiger partial charge < -0.3 is 15.1 Å². The van der Waals surface area contributed by atoms with Gasteiger partial charge in [0.05, 0.1) is 0 Å². The molecule has 14 heavy (non-hydrogen) atoms. The Kier molecular flexibility index (Phi) is 3.11. The fourth-order valence-electron chi connectivity index (χ4n) is 0.450. The molecule has 0 amide bonds. The van der Waals surface area contributed by atoms with Crippen molar-refractivity contribution in [3.8, 4) is 0 Å². The summed E-state index contributed by atoms with van der Waals surface area (Å²) < 4.78 is 43.1. The van der Waals surface area contributed by atoms with Crippen LogP contribution in [0.4, 0.5) is 0 Å². The molecule has 0 atom stereocenters. The second-order valence-corrected chi connectivity index (χ2v) is 4.76. The summed E-state index contributed by atoms with van der Waals surface area (Å²) in [5.74, 6) is -2.53. The quantitative estimate of drug-likeness (QED) is 0.513. The van der Waals surface area contributed by atoms with Crippen LogP contribution in [0.2, 0.25) is 0 Å². The van der Waals surface area contributed by atoms with E-state index in [0.29, 0.717) is 16.4 Å². The second-order valence-electron chi connectivity index (χ2n) is 2.20. The van der Waals surface area contributed by atoms with E-state index in [1.807, 2.05) is 0 Å². The van der Waals surface area contributed by atoms with E-state index < -0.39 is 25.9 Å². The zero-order valence-electron chi connectivity index (χ0n) is 13.0. The second kappa shape index (κ2) is 6.97. The van der Waals surface area contributed by atoms with Crippen LogP contribution in [0.15, 0.2) is 0 Å². The third-order valence-corrected chi connectivity index (χ3v) is 3.68. The van der Waals surface area contributed by atoms with Gasteiger partial charge >= 0.3 is 11.9 Å². The number of rotatable bonds is 1. The van der Waals surface area contributed by atoms with Crippen molar-refractivity contribution in [1.82, 2.24) is 4.90 Å². The van der Waals surface area contributed by atoms with E-state index in [1.54, 1.807) is 0 Å². The van der Waals surface area contributed by atoms with Crippen molar-refractivity contribution in [3.63, 3.8) is 0 Å². The minimum atomic E-state index is -2.54. The number of nitrogens with zero attached hydrogens (tertiary/aromatic N) is 1. The van der Waals surface area contributed by atoms with Crippen LogP contribution in [0, 0.1) is 0 Å². The molecule has 1 heterocycles. The minimum Gasteiger partial charge on any atom is -0.473 e. The molecule has 0 bridgehead atoms. The summed E-state index contributed by atoms with van der Waals surface area (Å²) >= 11 is 0. The van der Waals surface area contributed by atoms with E-state index in [2.05, 4.69) is 0 Å². The molecule has 82 valence electrons. The Morgan fingerprint density at radius 3 is 2.00 bits per heavy atom. The molecule has 0 aromatic rings. The molecule has 0 radical (unpaired) electrons. The lowest BCUT2D eigenvalue weighted by Gasteiger charge is -2.15. The maximum atomic E-state index is 9.10. The van der Waals surface area contributed by atoms with Gasteiger partial charge in [0.2, 0.25) is 0 Å². The minimum absolute atomic E-state index is 0.384. The summed E-state index contributed by atoms with van der Waals surface area (Å²) in [6.45, 7) is -5.08. The van der Waals surface area contributed by atoms with E-state index >= 15 is 0 Å². The number of carboxylic acid groups (broad SMARTS) is 2. The monoisotopic (exact) mass is 245 g/mol. The van der Waals surface area contributed by atoms with Gasteiger partial charge in [0.15, 0.2) is 0 Å². The maximum Gasteiger partial charge on any atom is 0.414 e. The number of carboxylic acids is 2. The first-order chi connectivity index (χ1) is 8.87. The largest absolute Gasteiger partial charge is 0.473 e. The van der Waals surface area contributed by atoms with Crippen LogP contribution in [0.3, 0.4) is 0 Å². The lowest BCUT2D eigenvalue weighted by Crippen LogP contribution is -2.29. The summed E-state index contributed by atoms with van der Waals surface area (Å²) in [5, 5.41) is 14.8. The molecule has 1 aliphatic heterocycles. The molecule has 7 heteroatoms. The highest BCUT2D eigenvalue weighted by Crippen LogP contribution is 2.32. The standard InChI is InChI=1S/C5H11NS2.C2H2O4/c1-6(2)5-3-7-8-4-5;3-1(4)2(5)6/h5H,3-4H2,1-2H3;(H,3,4)(H,5,6)/i1D3,2D3;. The Morgan fingerprint density at radius 1 is 1.29 bits per heavy atom. The molecule has 5 nitrogen and oxygen atoms in total. The molecule has 1 saturated heterocycles. The van der Waals surface area contributed by atoms with Crippen molar-refractivity contribution in [3.05, 3.63) is 0 Å². The van der Waals surface area contributed by atoms with Crippen LogP contribution in [-0.2, 0) is 9.59 Å².